The van der Waals surface area contributed by atoms with E-state index in [2.05, 4.69) is 31.1 Å². The van der Waals surface area contributed by atoms with E-state index < -0.39 is 0 Å². The Bertz CT molecular complexity index is 306. The van der Waals surface area contributed by atoms with Crippen molar-refractivity contribution >= 4 is 23.4 Å². The van der Waals surface area contributed by atoms with Crippen LogP contribution in [0, 0.1) is 0 Å². The Morgan fingerprint density at radius 2 is 2.12 bits per heavy atom. The Morgan fingerprint density at radius 3 is 2.69 bits per heavy atom. The molecule has 1 aromatic heterocycles. The maximum atomic E-state index is 5.76. The Balaban J connectivity index is 2.14. The summed E-state index contributed by atoms with van der Waals surface area (Å²) < 4.78 is 0. The minimum absolute atomic E-state index is 0.211. The fraction of sp³-hybridized carbons (Fsp3) is 0.583. The van der Waals surface area contributed by atoms with Gasteiger partial charge in [0.25, 0.3) is 0 Å². The van der Waals surface area contributed by atoms with Gasteiger partial charge in [0.15, 0.2) is 0 Å². The average Bonchev–Trinajstić information content (AvgIpc) is 2.19. The summed E-state index contributed by atoms with van der Waals surface area (Å²) in [5, 5.41) is 5.20. The van der Waals surface area contributed by atoms with Crippen molar-refractivity contribution < 1.29 is 0 Å². The first-order valence-electron chi connectivity index (χ1n) is 5.47. The van der Waals surface area contributed by atoms with E-state index in [1.54, 1.807) is 18.0 Å². The Hall–Kier alpha value is -0.250. The number of rotatable bonds is 5. The van der Waals surface area contributed by atoms with Crippen molar-refractivity contribution in [3.05, 3.63) is 23.4 Å². The first-order chi connectivity index (χ1) is 7.47. The van der Waals surface area contributed by atoms with Crippen molar-refractivity contribution in [2.45, 2.75) is 37.8 Å². The normalized spacial score (nSPS) is 11.8. The van der Waals surface area contributed by atoms with Gasteiger partial charge in [-0.25, -0.2) is 4.98 Å². The molecule has 0 atom stereocenters. The Kier molecular flexibility index (Phi) is 5.59. The van der Waals surface area contributed by atoms with Gasteiger partial charge in [-0.05, 0) is 45.9 Å². The lowest BCUT2D eigenvalue weighted by Crippen LogP contribution is -2.36. The standard InChI is InChI=1S/C12H19ClN2S/c1-12(2,3)15-7-4-8-16-11-6-5-10(13)9-14-11/h5-6,9,15H,4,7-8H2,1-3H3. The van der Waals surface area contributed by atoms with Crippen LogP contribution in [0.2, 0.25) is 5.02 Å². The molecule has 0 aliphatic rings. The molecule has 0 saturated heterocycles. The van der Waals surface area contributed by atoms with Crippen LogP contribution in [0.5, 0.6) is 0 Å². The van der Waals surface area contributed by atoms with E-state index in [0.717, 1.165) is 23.7 Å². The highest BCUT2D eigenvalue weighted by atomic mass is 35.5. The second kappa shape index (κ2) is 6.48. The van der Waals surface area contributed by atoms with Gasteiger partial charge in [0, 0.05) is 17.5 Å². The Morgan fingerprint density at radius 1 is 1.38 bits per heavy atom. The van der Waals surface area contributed by atoms with Gasteiger partial charge in [-0.1, -0.05) is 11.6 Å². The minimum Gasteiger partial charge on any atom is -0.312 e. The quantitative estimate of drug-likeness (QED) is 0.645. The van der Waals surface area contributed by atoms with Gasteiger partial charge in [0.1, 0.15) is 0 Å². The van der Waals surface area contributed by atoms with Crippen LogP contribution in [0.4, 0.5) is 0 Å². The monoisotopic (exact) mass is 258 g/mol. The summed E-state index contributed by atoms with van der Waals surface area (Å²) >= 11 is 7.53. The number of thioether (sulfide) groups is 1. The second-order valence-electron chi connectivity index (χ2n) is 4.69. The van der Waals surface area contributed by atoms with Gasteiger partial charge < -0.3 is 5.32 Å². The molecule has 0 bridgehead atoms. The molecule has 0 saturated carbocycles. The van der Waals surface area contributed by atoms with E-state index in [0.29, 0.717) is 5.02 Å². The SMILES string of the molecule is CC(C)(C)NCCCSc1ccc(Cl)cn1. The van der Waals surface area contributed by atoms with Crippen molar-refractivity contribution in [2.24, 2.45) is 0 Å². The first kappa shape index (κ1) is 13.8. The van der Waals surface area contributed by atoms with Crippen LogP contribution in [-0.2, 0) is 0 Å². The van der Waals surface area contributed by atoms with Crippen LogP contribution in [0.25, 0.3) is 0 Å². The van der Waals surface area contributed by atoms with Crippen molar-refractivity contribution in [2.75, 3.05) is 12.3 Å². The molecular weight excluding hydrogens is 240 g/mol. The number of hydrogen-bond donors (Lipinski definition) is 1. The van der Waals surface area contributed by atoms with Crippen LogP contribution >= 0.6 is 23.4 Å². The number of nitrogens with one attached hydrogen (secondary N) is 1. The summed E-state index contributed by atoms with van der Waals surface area (Å²) in [5.41, 5.74) is 0.211. The van der Waals surface area contributed by atoms with Gasteiger partial charge in [-0.2, -0.15) is 0 Å². The molecule has 1 heterocycles. The fourth-order valence-corrected chi connectivity index (χ4v) is 2.06. The highest BCUT2D eigenvalue weighted by Crippen LogP contribution is 2.17. The van der Waals surface area contributed by atoms with Crippen molar-refractivity contribution in [1.82, 2.24) is 10.3 Å². The molecule has 0 aromatic carbocycles. The largest absolute Gasteiger partial charge is 0.312 e. The maximum absolute atomic E-state index is 5.76. The van der Waals surface area contributed by atoms with E-state index >= 15 is 0 Å². The lowest BCUT2D eigenvalue weighted by molar-refractivity contribution is 0.427. The number of halogens is 1. The van der Waals surface area contributed by atoms with E-state index in [-0.39, 0.29) is 5.54 Å². The topological polar surface area (TPSA) is 24.9 Å². The summed E-state index contributed by atoms with van der Waals surface area (Å²) in [6.07, 6.45) is 2.84. The third-order valence-corrected chi connectivity index (χ3v) is 3.18. The molecule has 90 valence electrons. The van der Waals surface area contributed by atoms with E-state index in [1.165, 1.54) is 0 Å². The average molecular weight is 259 g/mol. The number of hydrogen-bond acceptors (Lipinski definition) is 3. The number of aromatic nitrogens is 1. The summed E-state index contributed by atoms with van der Waals surface area (Å²) in [4.78, 5) is 4.24. The first-order valence-corrected chi connectivity index (χ1v) is 6.83. The third kappa shape index (κ3) is 6.36. The summed E-state index contributed by atoms with van der Waals surface area (Å²) in [6, 6.07) is 3.84. The van der Waals surface area contributed by atoms with Crippen LogP contribution in [-0.4, -0.2) is 22.8 Å². The molecule has 0 unspecified atom stereocenters. The molecular formula is C12H19ClN2S. The lowest BCUT2D eigenvalue weighted by atomic mass is 10.1. The highest BCUT2D eigenvalue weighted by Gasteiger charge is 2.07. The molecule has 1 N–H and O–H groups in total. The molecule has 0 aliphatic carbocycles. The molecule has 1 aromatic rings. The zero-order chi connectivity index (χ0) is 12.0. The van der Waals surface area contributed by atoms with Gasteiger partial charge >= 0.3 is 0 Å². The maximum Gasteiger partial charge on any atom is 0.0960 e. The molecule has 0 radical (unpaired) electrons. The van der Waals surface area contributed by atoms with E-state index in [4.69, 9.17) is 11.6 Å². The predicted molar refractivity (Wildman–Crippen MR) is 72.3 cm³/mol. The fourth-order valence-electron chi connectivity index (χ4n) is 1.16. The molecule has 0 aliphatic heterocycles. The van der Waals surface area contributed by atoms with Crippen LogP contribution in [0.3, 0.4) is 0 Å². The summed E-state index contributed by atoms with van der Waals surface area (Å²) in [5.74, 6) is 1.08. The van der Waals surface area contributed by atoms with Gasteiger partial charge in [0.2, 0.25) is 0 Å². The van der Waals surface area contributed by atoms with Crippen LogP contribution in [0.1, 0.15) is 27.2 Å². The van der Waals surface area contributed by atoms with Gasteiger partial charge in [-0.15, -0.1) is 11.8 Å². The van der Waals surface area contributed by atoms with Gasteiger partial charge in [-0.3, -0.25) is 0 Å². The number of nitrogens with zero attached hydrogens (tertiary/aromatic N) is 1. The molecule has 4 heteroatoms. The van der Waals surface area contributed by atoms with Crippen LogP contribution < -0.4 is 5.32 Å². The third-order valence-electron chi connectivity index (χ3n) is 1.93. The Labute approximate surface area is 107 Å². The minimum atomic E-state index is 0.211. The second-order valence-corrected chi connectivity index (χ2v) is 6.25. The zero-order valence-electron chi connectivity index (χ0n) is 10.1. The highest BCUT2D eigenvalue weighted by molar-refractivity contribution is 7.99. The molecule has 0 spiro atoms. The lowest BCUT2D eigenvalue weighted by Gasteiger charge is -2.20. The van der Waals surface area contributed by atoms with Gasteiger partial charge in [0.05, 0.1) is 10.0 Å². The molecule has 1 rings (SSSR count). The summed E-state index contributed by atoms with van der Waals surface area (Å²) in [6.45, 7) is 7.59. The zero-order valence-corrected chi connectivity index (χ0v) is 11.7. The molecule has 16 heavy (non-hydrogen) atoms. The van der Waals surface area contributed by atoms with Crippen molar-refractivity contribution in [3.63, 3.8) is 0 Å². The molecule has 0 amide bonds. The van der Waals surface area contributed by atoms with Crippen LogP contribution in [0.15, 0.2) is 23.4 Å². The molecule has 0 fully saturated rings. The smallest absolute Gasteiger partial charge is 0.0960 e. The van der Waals surface area contributed by atoms with E-state index in [9.17, 15) is 0 Å². The summed E-state index contributed by atoms with van der Waals surface area (Å²) in [7, 11) is 0. The molecule has 2 nitrogen and oxygen atoms in total. The van der Waals surface area contributed by atoms with Crippen molar-refractivity contribution in [1.29, 1.82) is 0 Å². The van der Waals surface area contributed by atoms with E-state index in [1.807, 2.05) is 12.1 Å². The number of pyridine rings is 1. The predicted octanol–water partition coefficient (Wildman–Crippen LogP) is 3.61. The van der Waals surface area contributed by atoms with Crippen molar-refractivity contribution in [3.8, 4) is 0 Å².